The maximum absolute atomic E-state index is 13.0. The molecule has 1 aromatic heterocycles. The number of pyridine rings is 1. The molecule has 0 fully saturated rings. The van der Waals surface area contributed by atoms with Gasteiger partial charge in [0.25, 0.3) is 0 Å². The maximum Gasteiger partial charge on any atom is 0.357 e. The molecule has 32 heavy (non-hydrogen) atoms. The number of fused-ring (bicyclic) bond motifs is 1. The van der Waals surface area contributed by atoms with Crippen LogP contribution in [-0.4, -0.2) is 17.6 Å². The lowest BCUT2D eigenvalue weighted by atomic mass is 9.95. The number of hydrogen-bond donors (Lipinski definition) is 0. The first-order chi connectivity index (χ1) is 15.7. The Morgan fingerprint density at radius 3 is 2.56 bits per heavy atom. The summed E-state index contributed by atoms with van der Waals surface area (Å²) in [6.07, 6.45) is 3.51. The number of benzene rings is 3. The monoisotopic (exact) mass is 425 g/mol. The molecule has 4 rings (SSSR count). The Labute approximate surface area is 188 Å². The van der Waals surface area contributed by atoms with Crippen molar-refractivity contribution in [3.8, 4) is 16.9 Å². The predicted molar refractivity (Wildman–Crippen MR) is 128 cm³/mol. The fourth-order valence-electron chi connectivity index (χ4n) is 3.66. The van der Waals surface area contributed by atoms with Gasteiger partial charge in [-0.1, -0.05) is 80.1 Å². The molecule has 0 unspecified atom stereocenters. The van der Waals surface area contributed by atoms with Gasteiger partial charge in [-0.05, 0) is 35.9 Å². The molecule has 0 amide bonds. The van der Waals surface area contributed by atoms with E-state index in [2.05, 4.69) is 11.9 Å². The first-order valence-electron chi connectivity index (χ1n) is 11.0. The zero-order valence-corrected chi connectivity index (χ0v) is 18.5. The zero-order chi connectivity index (χ0) is 22.3. The Morgan fingerprint density at radius 2 is 1.75 bits per heavy atom. The lowest BCUT2D eigenvalue weighted by Crippen LogP contribution is -2.11. The number of hydrogen-bond acceptors (Lipinski definition) is 4. The van der Waals surface area contributed by atoms with E-state index < -0.39 is 5.97 Å². The lowest BCUT2D eigenvalue weighted by Gasteiger charge is -2.17. The van der Waals surface area contributed by atoms with E-state index in [9.17, 15) is 4.79 Å². The summed E-state index contributed by atoms with van der Waals surface area (Å²) >= 11 is 0. The van der Waals surface area contributed by atoms with E-state index in [4.69, 9.17) is 9.47 Å². The third-order valence-electron chi connectivity index (χ3n) is 5.37. The van der Waals surface area contributed by atoms with E-state index >= 15 is 0 Å². The van der Waals surface area contributed by atoms with Crippen LogP contribution < -0.4 is 4.74 Å². The van der Waals surface area contributed by atoms with Gasteiger partial charge in [-0.15, -0.1) is 0 Å². The largest absolute Gasteiger partial charge is 0.488 e. The second kappa shape index (κ2) is 10.1. The third kappa shape index (κ3) is 4.80. The molecule has 4 heteroatoms. The van der Waals surface area contributed by atoms with E-state index in [1.165, 1.54) is 0 Å². The molecule has 0 spiro atoms. The maximum atomic E-state index is 13.0. The number of aromatic nitrogens is 1. The van der Waals surface area contributed by atoms with Gasteiger partial charge in [0.15, 0.2) is 5.69 Å². The zero-order valence-electron chi connectivity index (χ0n) is 18.5. The number of carbonyl (C=O) groups is 1. The number of ether oxygens (including phenoxy) is 2. The van der Waals surface area contributed by atoms with E-state index in [0.29, 0.717) is 18.9 Å². The van der Waals surface area contributed by atoms with Crippen LogP contribution in [0.2, 0.25) is 0 Å². The van der Waals surface area contributed by atoms with Crippen LogP contribution in [0.25, 0.3) is 21.9 Å². The Morgan fingerprint density at radius 1 is 0.969 bits per heavy atom. The number of aryl methyl sites for hydroxylation is 1. The van der Waals surface area contributed by atoms with Gasteiger partial charge in [-0.2, -0.15) is 0 Å². The van der Waals surface area contributed by atoms with E-state index in [-0.39, 0.29) is 0 Å². The molecule has 0 radical (unpaired) electrons. The molecule has 0 bridgehead atoms. The van der Waals surface area contributed by atoms with E-state index in [1.54, 1.807) is 6.20 Å². The molecule has 0 aliphatic carbocycles. The summed E-state index contributed by atoms with van der Waals surface area (Å²) in [4.78, 5) is 17.5. The highest BCUT2D eigenvalue weighted by atomic mass is 16.5. The number of carbonyl (C=O) groups excluding carboxylic acids is 1. The van der Waals surface area contributed by atoms with Crippen molar-refractivity contribution < 1.29 is 14.3 Å². The molecular weight excluding hydrogens is 398 g/mol. The number of esters is 1. The predicted octanol–water partition coefficient (Wildman–Crippen LogP) is 6.75. The minimum absolute atomic E-state index is 0.313. The standard InChI is InChI=1S/C28H27NO3/c1-3-4-16-31-28(30)27-26(23-13-9-8-12-22(23)18-29-27)24-15-14-20(2)17-25(24)32-19-21-10-6-5-7-11-21/h5-15,17-18H,3-4,16,19H2,1-2H3. The summed E-state index contributed by atoms with van der Waals surface area (Å²) in [5.74, 6) is 0.309. The molecule has 1 heterocycles. The molecule has 0 N–H and O–H groups in total. The van der Waals surface area contributed by atoms with Crippen LogP contribution in [0.5, 0.6) is 5.75 Å². The van der Waals surface area contributed by atoms with Crippen molar-refractivity contribution in [3.63, 3.8) is 0 Å². The minimum atomic E-state index is -0.409. The number of nitrogens with zero attached hydrogens (tertiary/aromatic N) is 1. The molecular formula is C28H27NO3. The fourth-order valence-corrected chi connectivity index (χ4v) is 3.66. The molecule has 0 aliphatic heterocycles. The van der Waals surface area contributed by atoms with Gasteiger partial charge in [-0.25, -0.2) is 9.78 Å². The van der Waals surface area contributed by atoms with Crippen LogP contribution in [0.4, 0.5) is 0 Å². The smallest absolute Gasteiger partial charge is 0.357 e. The van der Waals surface area contributed by atoms with Crippen molar-refractivity contribution in [2.75, 3.05) is 6.61 Å². The van der Waals surface area contributed by atoms with Gasteiger partial charge in [0.05, 0.1) is 6.61 Å². The van der Waals surface area contributed by atoms with Gasteiger partial charge < -0.3 is 9.47 Å². The first-order valence-corrected chi connectivity index (χ1v) is 11.0. The SMILES string of the molecule is CCCCOC(=O)c1ncc2ccccc2c1-c1ccc(C)cc1OCc1ccccc1. The quantitative estimate of drug-likeness (QED) is 0.231. The Bertz CT molecular complexity index is 1220. The Kier molecular flexibility index (Phi) is 6.81. The van der Waals surface area contributed by atoms with Crippen LogP contribution >= 0.6 is 0 Å². The van der Waals surface area contributed by atoms with Crippen LogP contribution in [0.3, 0.4) is 0 Å². The van der Waals surface area contributed by atoms with Crippen LogP contribution in [0.1, 0.15) is 41.4 Å². The van der Waals surface area contributed by atoms with Crippen molar-refractivity contribution in [2.45, 2.75) is 33.3 Å². The summed E-state index contributed by atoms with van der Waals surface area (Å²) in [6.45, 7) is 4.91. The molecule has 4 nitrogen and oxygen atoms in total. The second-order valence-corrected chi connectivity index (χ2v) is 7.83. The van der Waals surface area contributed by atoms with Crippen LogP contribution in [0.15, 0.2) is 79.0 Å². The summed E-state index contributed by atoms with van der Waals surface area (Å²) in [7, 11) is 0. The third-order valence-corrected chi connectivity index (χ3v) is 5.37. The molecule has 0 aliphatic rings. The first kappa shape index (κ1) is 21.6. The summed E-state index contributed by atoms with van der Waals surface area (Å²) in [6, 6.07) is 24.0. The average Bonchev–Trinajstić information content (AvgIpc) is 2.83. The number of unbranched alkanes of at least 4 members (excludes halogenated alkanes) is 1. The van der Waals surface area contributed by atoms with E-state index in [0.717, 1.165) is 51.6 Å². The van der Waals surface area contributed by atoms with Gasteiger partial charge in [0.2, 0.25) is 0 Å². The van der Waals surface area contributed by atoms with E-state index in [1.807, 2.05) is 79.7 Å². The highest BCUT2D eigenvalue weighted by Gasteiger charge is 2.22. The summed E-state index contributed by atoms with van der Waals surface area (Å²) < 4.78 is 11.8. The minimum Gasteiger partial charge on any atom is -0.488 e. The van der Waals surface area contributed by atoms with Gasteiger partial charge in [0, 0.05) is 22.7 Å². The average molecular weight is 426 g/mol. The van der Waals surface area contributed by atoms with Crippen molar-refractivity contribution in [1.29, 1.82) is 0 Å². The van der Waals surface area contributed by atoms with Crippen LogP contribution in [-0.2, 0) is 11.3 Å². The summed E-state index contributed by atoms with van der Waals surface area (Å²) in [5, 5.41) is 1.90. The lowest BCUT2D eigenvalue weighted by molar-refractivity contribution is 0.0494. The molecule has 162 valence electrons. The molecule has 3 aromatic carbocycles. The van der Waals surface area contributed by atoms with Crippen molar-refractivity contribution >= 4 is 16.7 Å². The van der Waals surface area contributed by atoms with Gasteiger partial charge >= 0.3 is 5.97 Å². The topological polar surface area (TPSA) is 48.4 Å². The van der Waals surface area contributed by atoms with Crippen molar-refractivity contribution in [3.05, 3.63) is 95.8 Å². The Hall–Kier alpha value is -3.66. The molecule has 0 atom stereocenters. The summed E-state index contributed by atoms with van der Waals surface area (Å²) in [5.41, 5.74) is 4.05. The van der Waals surface area contributed by atoms with Crippen LogP contribution in [0, 0.1) is 6.92 Å². The normalized spacial score (nSPS) is 10.8. The van der Waals surface area contributed by atoms with Crippen molar-refractivity contribution in [1.82, 2.24) is 4.98 Å². The number of rotatable bonds is 8. The highest BCUT2D eigenvalue weighted by molar-refractivity contribution is 6.07. The van der Waals surface area contributed by atoms with Gasteiger partial charge in [0.1, 0.15) is 12.4 Å². The van der Waals surface area contributed by atoms with Gasteiger partial charge in [-0.3, -0.25) is 0 Å². The molecule has 0 saturated heterocycles. The fraction of sp³-hybridized carbons (Fsp3) is 0.214. The second-order valence-electron chi connectivity index (χ2n) is 7.83. The molecule has 4 aromatic rings. The highest BCUT2D eigenvalue weighted by Crippen LogP contribution is 2.38. The van der Waals surface area contributed by atoms with Crippen molar-refractivity contribution in [2.24, 2.45) is 0 Å². The molecule has 0 saturated carbocycles. The Balaban J connectivity index is 1.81.